The normalized spacial score (nSPS) is 24.3. The van der Waals surface area contributed by atoms with Gasteiger partial charge in [0.15, 0.2) is 5.82 Å². The lowest BCUT2D eigenvalue weighted by molar-refractivity contribution is 0.214. The first-order valence-electron chi connectivity index (χ1n) is 6.98. The second-order valence-electron chi connectivity index (χ2n) is 5.55. The molecule has 1 saturated heterocycles. The van der Waals surface area contributed by atoms with Crippen molar-refractivity contribution in [3.8, 4) is 0 Å². The van der Waals surface area contributed by atoms with Crippen molar-refractivity contribution in [3.05, 3.63) is 11.7 Å². The molecule has 1 N–H and O–H groups in total. The molecule has 0 aromatic carbocycles. The second kappa shape index (κ2) is 6.45. The summed E-state index contributed by atoms with van der Waals surface area (Å²) in [7, 11) is 6.22. The quantitative estimate of drug-likeness (QED) is 0.859. The first kappa shape index (κ1) is 14.4. The van der Waals surface area contributed by atoms with Gasteiger partial charge in [0.25, 0.3) is 0 Å². The van der Waals surface area contributed by atoms with Crippen molar-refractivity contribution in [3.63, 3.8) is 0 Å². The lowest BCUT2D eigenvalue weighted by Crippen LogP contribution is -2.31. The molecule has 0 saturated carbocycles. The fourth-order valence-electron chi connectivity index (χ4n) is 2.40. The minimum absolute atomic E-state index is 0.231. The molecular weight excluding hydrogens is 242 g/mol. The van der Waals surface area contributed by atoms with E-state index in [1.807, 2.05) is 7.05 Å². The van der Waals surface area contributed by atoms with Gasteiger partial charge in [-0.2, -0.15) is 4.98 Å². The van der Waals surface area contributed by atoms with E-state index < -0.39 is 0 Å². The number of likely N-dealkylation sites (N-methyl/N-ethyl adjacent to an activating group) is 3. The van der Waals surface area contributed by atoms with Crippen LogP contribution in [0.2, 0.25) is 0 Å². The van der Waals surface area contributed by atoms with Crippen LogP contribution in [0.4, 0.5) is 0 Å². The molecule has 2 heterocycles. The lowest BCUT2D eigenvalue weighted by Gasteiger charge is -2.24. The predicted octanol–water partition coefficient (Wildman–Crippen LogP) is 0.528. The number of hydrogen-bond acceptors (Lipinski definition) is 6. The van der Waals surface area contributed by atoms with E-state index in [9.17, 15) is 0 Å². The number of hydrogen-bond donors (Lipinski definition) is 1. The Bertz CT molecular complexity index is 394. The summed E-state index contributed by atoms with van der Waals surface area (Å²) in [5.74, 6) is 1.53. The number of nitrogens with zero attached hydrogens (tertiary/aromatic N) is 4. The van der Waals surface area contributed by atoms with Crippen LogP contribution in [-0.4, -0.2) is 66.8 Å². The summed E-state index contributed by atoms with van der Waals surface area (Å²) in [5, 5.41) is 7.35. The Kier molecular flexibility index (Phi) is 4.90. The average molecular weight is 267 g/mol. The van der Waals surface area contributed by atoms with Crippen LogP contribution in [0.25, 0.3) is 0 Å². The molecular formula is C13H25N5O. The van der Waals surface area contributed by atoms with Gasteiger partial charge in [0.05, 0.1) is 6.04 Å². The molecule has 0 aliphatic carbocycles. The third-order valence-electron chi connectivity index (χ3n) is 3.82. The van der Waals surface area contributed by atoms with Gasteiger partial charge in [-0.25, -0.2) is 0 Å². The van der Waals surface area contributed by atoms with E-state index in [0.717, 1.165) is 37.8 Å². The highest BCUT2D eigenvalue weighted by atomic mass is 16.5. The standard InChI is InChI=1S/C13H25N5O/c1-10(14-2)8-12-15-13(16-19-12)11-9-17(3)6-5-7-18(11)4/h10-11,14H,5-9H2,1-4H3. The van der Waals surface area contributed by atoms with Gasteiger partial charge in [-0.1, -0.05) is 5.16 Å². The van der Waals surface area contributed by atoms with Crippen molar-refractivity contribution in [1.82, 2.24) is 25.3 Å². The second-order valence-corrected chi connectivity index (χ2v) is 5.55. The summed E-state index contributed by atoms with van der Waals surface area (Å²) in [6.45, 7) is 5.26. The molecule has 0 spiro atoms. The molecule has 6 heteroatoms. The molecule has 1 aromatic rings. The van der Waals surface area contributed by atoms with Gasteiger partial charge in [-0.3, -0.25) is 4.90 Å². The lowest BCUT2D eigenvalue weighted by atomic mass is 10.2. The van der Waals surface area contributed by atoms with Gasteiger partial charge in [0, 0.05) is 19.0 Å². The zero-order valence-electron chi connectivity index (χ0n) is 12.4. The van der Waals surface area contributed by atoms with Gasteiger partial charge in [0.2, 0.25) is 5.89 Å². The SMILES string of the molecule is CNC(C)Cc1nc(C2CN(C)CCCN2C)no1. The summed E-state index contributed by atoms with van der Waals surface area (Å²) in [6, 6.07) is 0.581. The fourth-order valence-corrected chi connectivity index (χ4v) is 2.40. The molecule has 1 aromatic heterocycles. The molecule has 1 fully saturated rings. The number of nitrogens with one attached hydrogen (secondary N) is 1. The third-order valence-corrected chi connectivity index (χ3v) is 3.82. The van der Waals surface area contributed by atoms with E-state index in [0.29, 0.717) is 6.04 Å². The maximum absolute atomic E-state index is 5.37. The molecule has 1 aliphatic heterocycles. The molecule has 1 aliphatic rings. The van der Waals surface area contributed by atoms with Crippen molar-refractivity contribution in [2.45, 2.75) is 31.8 Å². The highest BCUT2D eigenvalue weighted by molar-refractivity contribution is 4.98. The smallest absolute Gasteiger partial charge is 0.228 e. The average Bonchev–Trinajstić information content (AvgIpc) is 2.76. The first-order chi connectivity index (χ1) is 9.10. The molecule has 6 nitrogen and oxygen atoms in total. The van der Waals surface area contributed by atoms with Gasteiger partial charge >= 0.3 is 0 Å². The van der Waals surface area contributed by atoms with E-state index in [2.05, 4.69) is 46.3 Å². The summed E-state index contributed by atoms with van der Waals surface area (Å²) in [5.41, 5.74) is 0. The summed E-state index contributed by atoms with van der Waals surface area (Å²) in [6.07, 6.45) is 1.96. The maximum atomic E-state index is 5.37. The zero-order valence-corrected chi connectivity index (χ0v) is 12.4. The predicted molar refractivity (Wildman–Crippen MR) is 74.0 cm³/mol. The molecule has 2 rings (SSSR count). The zero-order chi connectivity index (χ0) is 13.8. The molecule has 0 bridgehead atoms. The molecule has 0 radical (unpaired) electrons. The monoisotopic (exact) mass is 267 g/mol. The Hall–Kier alpha value is -0.980. The minimum Gasteiger partial charge on any atom is -0.339 e. The van der Waals surface area contributed by atoms with Crippen LogP contribution in [0.15, 0.2) is 4.52 Å². The Balaban J connectivity index is 2.07. The highest BCUT2D eigenvalue weighted by Crippen LogP contribution is 2.20. The minimum atomic E-state index is 0.231. The summed E-state index contributed by atoms with van der Waals surface area (Å²) >= 11 is 0. The van der Waals surface area contributed by atoms with Gasteiger partial charge in [-0.15, -0.1) is 0 Å². The van der Waals surface area contributed by atoms with Crippen molar-refractivity contribution >= 4 is 0 Å². The molecule has 108 valence electrons. The molecule has 2 atom stereocenters. The summed E-state index contributed by atoms with van der Waals surface area (Å²) in [4.78, 5) is 9.22. The van der Waals surface area contributed by atoms with Crippen LogP contribution >= 0.6 is 0 Å². The van der Waals surface area contributed by atoms with Crippen LogP contribution in [-0.2, 0) is 6.42 Å². The number of aromatic nitrogens is 2. The van der Waals surface area contributed by atoms with Gasteiger partial charge in [0.1, 0.15) is 0 Å². The summed E-state index contributed by atoms with van der Waals surface area (Å²) < 4.78 is 5.37. The fraction of sp³-hybridized carbons (Fsp3) is 0.846. The molecule has 19 heavy (non-hydrogen) atoms. The van der Waals surface area contributed by atoms with Crippen LogP contribution in [0.3, 0.4) is 0 Å². The van der Waals surface area contributed by atoms with Crippen LogP contribution in [0.1, 0.15) is 31.1 Å². The highest BCUT2D eigenvalue weighted by Gasteiger charge is 2.26. The van der Waals surface area contributed by atoms with Crippen LogP contribution in [0, 0.1) is 0 Å². The Morgan fingerprint density at radius 3 is 2.95 bits per heavy atom. The van der Waals surface area contributed by atoms with Crippen LogP contribution < -0.4 is 5.32 Å². The van der Waals surface area contributed by atoms with Crippen LogP contribution in [0.5, 0.6) is 0 Å². The Morgan fingerprint density at radius 1 is 1.42 bits per heavy atom. The van der Waals surface area contributed by atoms with Gasteiger partial charge in [-0.05, 0) is 47.6 Å². The van der Waals surface area contributed by atoms with E-state index in [-0.39, 0.29) is 6.04 Å². The van der Waals surface area contributed by atoms with E-state index in [1.54, 1.807) is 0 Å². The van der Waals surface area contributed by atoms with E-state index in [4.69, 9.17) is 4.52 Å². The van der Waals surface area contributed by atoms with Crippen molar-refractivity contribution in [1.29, 1.82) is 0 Å². The first-order valence-corrected chi connectivity index (χ1v) is 6.98. The maximum Gasteiger partial charge on any atom is 0.228 e. The van der Waals surface area contributed by atoms with E-state index >= 15 is 0 Å². The Morgan fingerprint density at radius 2 is 2.21 bits per heavy atom. The van der Waals surface area contributed by atoms with Gasteiger partial charge < -0.3 is 14.7 Å². The molecule has 2 unspecified atom stereocenters. The van der Waals surface area contributed by atoms with Crippen molar-refractivity contribution in [2.24, 2.45) is 0 Å². The largest absolute Gasteiger partial charge is 0.339 e. The van der Waals surface area contributed by atoms with Crippen molar-refractivity contribution in [2.75, 3.05) is 40.8 Å². The number of rotatable bonds is 4. The molecule has 0 amide bonds. The Labute approximate surface area is 115 Å². The topological polar surface area (TPSA) is 57.4 Å². The van der Waals surface area contributed by atoms with E-state index in [1.165, 1.54) is 6.42 Å². The van der Waals surface area contributed by atoms with Crippen molar-refractivity contribution < 1.29 is 4.52 Å². The third kappa shape index (κ3) is 3.75.